The van der Waals surface area contributed by atoms with E-state index in [9.17, 15) is 0 Å². The minimum absolute atomic E-state index is 0.0234. The lowest BCUT2D eigenvalue weighted by atomic mass is 10.7. The molecule has 6 heteroatoms. The lowest BCUT2D eigenvalue weighted by Gasteiger charge is -2.00. The van der Waals surface area contributed by atoms with Crippen LogP contribution in [0.1, 0.15) is 0 Å². The number of amidine groups is 1. The summed E-state index contributed by atoms with van der Waals surface area (Å²) >= 11 is 1.37. The first-order chi connectivity index (χ1) is 6.35. The molecular formula is C7H13N3O2S. The van der Waals surface area contributed by atoms with Crippen LogP contribution in [0.2, 0.25) is 0 Å². The fourth-order valence-corrected chi connectivity index (χ4v) is 0.949. The third kappa shape index (κ3) is 7.59. The zero-order valence-corrected chi connectivity index (χ0v) is 8.30. The second-order valence-electron chi connectivity index (χ2n) is 1.96. The Morgan fingerprint density at radius 2 is 2.46 bits per heavy atom. The second kappa shape index (κ2) is 9.32. The molecule has 0 aromatic carbocycles. The number of rotatable bonds is 5. The smallest absolute Gasteiger partial charge is 0.183 e. The van der Waals surface area contributed by atoms with Gasteiger partial charge in [-0.05, 0) is 6.26 Å². The number of thioether (sulfide) groups is 1. The molecule has 0 aromatic heterocycles. The maximum atomic E-state index is 8.38. The van der Waals surface area contributed by atoms with Gasteiger partial charge in [0.1, 0.15) is 0 Å². The van der Waals surface area contributed by atoms with E-state index in [2.05, 4.69) is 10.3 Å². The lowest BCUT2D eigenvalue weighted by Crippen LogP contribution is -2.14. The average Bonchev–Trinajstić information content (AvgIpc) is 2.16. The summed E-state index contributed by atoms with van der Waals surface area (Å²) in [6, 6.07) is 0. The van der Waals surface area contributed by atoms with Crippen molar-refractivity contribution in [2.45, 2.75) is 0 Å². The van der Waals surface area contributed by atoms with E-state index in [-0.39, 0.29) is 6.61 Å². The Morgan fingerprint density at radius 1 is 1.69 bits per heavy atom. The van der Waals surface area contributed by atoms with Gasteiger partial charge >= 0.3 is 0 Å². The molecule has 2 N–H and O–H groups in total. The van der Waals surface area contributed by atoms with E-state index in [4.69, 9.17) is 15.1 Å². The van der Waals surface area contributed by atoms with Crippen molar-refractivity contribution in [2.75, 3.05) is 32.6 Å². The Kier molecular flexibility index (Phi) is 8.77. The van der Waals surface area contributed by atoms with Gasteiger partial charge in [0.15, 0.2) is 11.4 Å². The molecule has 0 fully saturated rings. The minimum Gasteiger partial charge on any atom is -0.394 e. The highest BCUT2D eigenvalue weighted by atomic mass is 32.2. The first-order valence-corrected chi connectivity index (χ1v) is 4.99. The Hall–Kier alpha value is -0.770. The maximum absolute atomic E-state index is 8.38. The summed E-state index contributed by atoms with van der Waals surface area (Å²) in [7, 11) is 0. The van der Waals surface area contributed by atoms with Crippen LogP contribution in [0.15, 0.2) is 4.99 Å². The van der Waals surface area contributed by atoms with Crippen LogP contribution in [-0.2, 0) is 4.74 Å². The number of nitrogens with one attached hydrogen (secondary N) is 1. The zero-order valence-electron chi connectivity index (χ0n) is 7.49. The highest BCUT2D eigenvalue weighted by molar-refractivity contribution is 8.13. The quantitative estimate of drug-likeness (QED) is 0.212. The van der Waals surface area contributed by atoms with Crippen molar-refractivity contribution >= 4 is 16.9 Å². The Bertz CT molecular complexity index is 191. The van der Waals surface area contributed by atoms with E-state index >= 15 is 0 Å². The first-order valence-electron chi connectivity index (χ1n) is 3.77. The van der Waals surface area contributed by atoms with Gasteiger partial charge < -0.3 is 9.84 Å². The molecule has 0 aliphatic rings. The number of aliphatic hydroxyl groups excluding tert-OH is 1. The third-order valence-corrected chi connectivity index (χ3v) is 1.70. The molecule has 0 aliphatic carbocycles. The predicted octanol–water partition coefficient (Wildman–Crippen LogP) is -0.215. The molecule has 0 amide bonds. The summed E-state index contributed by atoms with van der Waals surface area (Å²) in [6.45, 7) is 1.30. The summed E-state index contributed by atoms with van der Waals surface area (Å²) in [4.78, 5) is 4.04. The van der Waals surface area contributed by atoms with Crippen LogP contribution in [-0.4, -0.2) is 42.9 Å². The molecule has 0 atom stereocenters. The number of nitriles is 1. The van der Waals surface area contributed by atoms with Crippen molar-refractivity contribution in [2.24, 2.45) is 4.99 Å². The fraction of sp³-hybridized carbons (Fsp3) is 0.714. The van der Waals surface area contributed by atoms with Gasteiger partial charge in [0.25, 0.3) is 0 Å². The van der Waals surface area contributed by atoms with Gasteiger partial charge in [-0.15, -0.1) is 0 Å². The fourth-order valence-electron chi connectivity index (χ4n) is 0.581. The molecule has 13 heavy (non-hydrogen) atoms. The normalized spacial score (nSPS) is 11.0. The van der Waals surface area contributed by atoms with E-state index < -0.39 is 0 Å². The summed E-state index contributed by atoms with van der Waals surface area (Å²) < 4.78 is 4.98. The Morgan fingerprint density at radius 3 is 3.00 bits per heavy atom. The van der Waals surface area contributed by atoms with Crippen molar-refractivity contribution in [3.05, 3.63) is 0 Å². The monoisotopic (exact) mass is 203 g/mol. The SMILES string of the molecule is CSC(=NCCOCCO)NC#N. The van der Waals surface area contributed by atoms with Gasteiger partial charge in [-0.3, -0.25) is 10.3 Å². The van der Waals surface area contributed by atoms with E-state index in [1.807, 2.05) is 6.26 Å². The topological polar surface area (TPSA) is 77.6 Å². The largest absolute Gasteiger partial charge is 0.394 e. The van der Waals surface area contributed by atoms with Crippen LogP contribution in [0, 0.1) is 11.5 Å². The van der Waals surface area contributed by atoms with Gasteiger partial charge in [0.05, 0.1) is 26.4 Å². The van der Waals surface area contributed by atoms with Crippen LogP contribution in [0.4, 0.5) is 0 Å². The maximum Gasteiger partial charge on any atom is 0.183 e. The second-order valence-corrected chi connectivity index (χ2v) is 2.76. The molecule has 74 valence electrons. The molecule has 0 heterocycles. The summed E-state index contributed by atoms with van der Waals surface area (Å²) in [5, 5.41) is 19.7. The highest BCUT2D eigenvalue weighted by Gasteiger charge is 1.92. The van der Waals surface area contributed by atoms with Crippen molar-refractivity contribution in [1.82, 2.24) is 5.32 Å². The van der Waals surface area contributed by atoms with Crippen molar-refractivity contribution in [1.29, 1.82) is 5.26 Å². The van der Waals surface area contributed by atoms with Crippen molar-refractivity contribution < 1.29 is 9.84 Å². The summed E-state index contributed by atoms with van der Waals surface area (Å²) in [6.07, 6.45) is 3.62. The van der Waals surface area contributed by atoms with Gasteiger partial charge in [0.2, 0.25) is 0 Å². The van der Waals surface area contributed by atoms with E-state index in [0.717, 1.165) is 0 Å². The molecule has 0 unspecified atom stereocenters. The van der Waals surface area contributed by atoms with Crippen molar-refractivity contribution in [3.63, 3.8) is 0 Å². The standard InChI is InChI=1S/C7H13N3O2S/c1-13-7(10-6-8)9-2-4-12-5-3-11/h11H,2-5H2,1H3,(H,9,10). The van der Waals surface area contributed by atoms with Gasteiger partial charge in [-0.2, -0.15) is 5.26 Å². The Balaban J connectivity index is 3.50. The third-order valence-electron chi connectivity index (χ3n) is 1.08. The van der Waals surface area contributed by atoms with E-state index in [1.54, 1.807) is 6.19 Å². The lowest BCUT2D eigenvalue weighted by molar-refractivity contribution is 0.0978. The molecule has 5 nitrogen and oxygen atoms in total. The van der Waals surface area contributed by atoms with Gasteiger partial charge in [-0.25, -0.2) is 0 Å². The molecule has 0 aromatic rings. The predicted molar refractivity (Wildman–Crippen MR) is 52.5 cm³/mol. The molecule has 0 spiro atoms. The van der Waals surface area contributed by atoms with Crippen molar-refractivity contribution in [3.8, 4) is 6.19 Å². The van der Waals surface area contributed by atoms with Gasteiger partial charge in [0, 0.05) is 0 Å². The number of ether oxygens (including phenoxy) is 1. The molecular weight excluding hydrogens is 190 g/mol. The molecule has 0 saturated heterocycles. The van der Waals surface area contributed by atoms with Gasteiger partial charge in [-0.1, -0.05) is 11.8 Å². The average molecular weight is 203 g/mol. The molecule has 0 aliphatic heterocycles. The molecule has 0 rings (SSSR count). The molecule has 0 bridgehead atoms. The van der Waals surface area contributed by atoms with Crippen LogP contribution < -0.4 is 5.32 Å². The van der Waals surface area contributed by atoms with E-state index in [0.29, 0.717) is 24.9 Å². The van der Waals surface area contributed by atoms with Crippen LogP contribution >= 0.6 is 11.8 Å². The summed E-state index contributed by atoms with van der Waals surface area (Å²) in [5.41, 5.74) is 0. The summed E-state index contributed by atoms with van der Waals surface area (Å²) in [5.74, 6) is 0. The molecule has 0 radical (unpaired) electrons. The van der Waals surface area contributed by atoms with Crippen LogP contribution in [0.3, 0.4) is 0 Å². The number of aliphatic imine (C=N–C) groups is 1. The highest BCUT2D eigenvalue weighted by Crippen LogP contribution is 1.93. The molecule has 0 saturated carbocycles. The minimum atomic E-state index is 0.0234. The first kappa shape index (κ1) is 12.2. The van der Waals surface area contributed by atoms with Crippen LogP contribution in [0.25, 0.3) is 0 Å². The number of hydrogen-bond acceptors (Lipinski definition) is 5. The number of nitrogens with zero attached hydrogens (tertiary/aromatic N) is 2. The number of hydrogen-bond donors (Lipinski definition) is 2. The zero-order chi connectivity index (χ0) is 9.94. The van der Waals surface area contributed by atoms with E-state index in [1.165, 1.54) is 11.8 Å². The van der Waals surface area contributed by atoms with Crippen LogP contribution in [0.5, 0.6) is 0 Å². The Labute approximate surface area is 81.8 Å². The number of aliphatic hydroxyl groups is 1.